The summed E-state index contributed by atoms with van der Waals surface area (Å²) in [4.78, 5) is 26.4. The highest BCUT2D eigenvalue weighted by molar-refractivity contribution is 5.74. The summed E-state index contributed by atoms with van der Waals surface area (Å²) in [6.07, 6.45) is 1.67. The fourth-order valence-corrected chi connectivity index (χ4v) is 2.43. The molecule has 1 heterocycles. The van der Waals surface area contributed by atoms with Crippen LogP contribution in [-0.2, 0) is 9.53 Å². The van der Waals surface area contributed by atoms with Crippen LogP contribution in [0.25, 0.3) is 0 Å². The Morgan fingerprint density at radius 2 is 1.95 bits per heavy atom. The minimum Gasteiger partial charge on any atom is -0.481 e. The zero-order valence-corrected chi connectivity index (χ0v) is 12.7. The first-order valence-electron chi connectivity index (χ1n) is 7.34. The van der Waals surface area contributed by atoms with Crippen molar-refractivity contribution in [2.75, 3.05) is 26.2 Å². The van der Waals surface area contributed by atoms with Crippen LogP contribution in [0.1, 0.15) is 40.0 Å². The van der Waals surface area contributed by atoms with Crippen LogP contribution >= 0.6 is 0 Å². The number of carboxylic acids is 1. The molecule has 0 spiro atoms. The van der Waals surface area contributed by atoms with Crippen molar-refractivity contribution in [3.63, 3.8) is 0 Å². The summed E-state index contributed by atoms with van der Waals surface area (Å²) in [5.41, 5.74) is 0. The zero-order valence-electron chi connectivity index (χ0n) is 12.7. The number of amides is 2. The SMILES string of the molecule is CCN(C(=O)N1CCC(OCCC(=O)O)CC1)C(C)C. The van der Waals surface area contributed by atoms with Gasteiger partial charge < -0.3 is 19.6 Å². The zero-order chi connectivity index (χ0) is 15.1. The lowest BCUT2D eigenvalue weighted by atomic mass is 10.1. The third kappa shape index (κ3) is 5.00. The van der Waals surface area contributed by atoms with Gasteiger partial charge in [-0.25, -0.2) is 4.79 Å². The summed E-state index contributed by atoms with van der Waals surface area (Å²) in [5, 5.41) is 8.56. The number of likely N-dealkylation sites (tertiary alicyclic amines) is 1. The lowest BCUT2D eigenvalue weighted by Gasteiger charge is -2.36. The van der Waals surface area contributed by atoms with E-state index in [1.165, 1.54) is 0 Å². The highest BCUT2D eigenvalue weighted by Gasteiger charge is 2.27. The summed E-state index contributed by atoms with van der Waals surface area (Å²) >= 11 is 0. The third-order valence-corrected chi connectivity index (χ3v) is 3.59. The summed E-state index contributed by atoms with van der Waals surface area (Å²) in [6, 6.07) is 0.295. The Hall–Kier alpha value is -1.30. The second-order valence-corrected chi connectivity index (χ2v) is 5.36. The lowest BCUT2D eigenvalue weighted by molar-refractivity contribution is -0.138. The van der Waals surface area contributed by atoms with Crippen molar-refractivity contribution in [1.29, 1.82) is 0 Å². The molecule has 20 heavy (non-hydrogen) atoms. The van der Waals surface area contributed by atoms with Gasteiger partial charge in [0.2, 0.25) is 0 Å². The van der Waals surface area contributed by atoms with Crippen molar-refractivity contribution in [2.24, 2.45) is 0 Å². The van der Waals surface area contributed by atoms with Gasteiger partial charge in [0, 0.05) is 25.7 Å². The van der Waals surface area contributed by atoms with E-state index < -0.39 is 5.97 Å². The van der Waals surface area contributed by atoms with Crippen molar-refractivity contribution in [3.8, 4) is 0 Å². The van der Waals surface area contributed by atoms with Crippen LogP contribution in [0, 0.1) is 0 Å². The molecule has 1 N–H and O–H groups in total. The Labute approximate surface area is 120 Å². The molecule has 0 aromatic carbocycles. The summed E-state index contributed by atoms with van der Waals surface area (Å²) in [5.74, 6) is -0.840. The van der Waals surface area contributed by atoms with Crippen LogP contribution in [0.2, 0.25) is 0 Å². The number of carbonyl (C=O) groups is 2. The number of piperidine rings is 1. The van der Waals surface area contributed by atoms with Crippen molar-refractivity contribution in [2.45, 2.75) is 52.2 Å². The Morgan fingerprint density at radius 3 is 2.40 bits per heavy atom. The van der Waals surface area contributed by atoms with Crippen LogP contribution in [-0.4, -0.2) is 65.3 Å². The van der Waals surface area contributed by atoms with Gasteiger partial charge in [-0.1, -0.05) is 0 Å². The van der Waals surface area contributed by atoms with Gasteiger partial charge in [-0.3, -0.25) is 4.79 Å². The monoisotopic (exact) mass is 286 g/mol. The van der Waals surface area contributed by atoms with Gasteiger partial charge in [0.05, 0.1) is 19.1 Å². The number of rotatable bonds is 6. The summed E-state index contributed by atoms with van der Waals surface area (Å²) in [7, 11) is 0. The summed E-state index contributed by atoms with van der Waals surface area (Å²) < 4.78 is 5.52. The van der Waals surface area contributed by atoms with Gasteiger partial charge in [-0.15, -0.1) is 0 Å². The number of hydrogen-bond acceptors (Lipinski definition) is 3. The normalized spacial score (nSPS) is 16.5. The average Bonchev–Trinajstić information content (AvgIpc) is 2.39. The molecule has 1 saturated heterocycles. The van der Waals surface area contributed by atoms with E-state index >= 15 is 0 Å². The quantitative estimate of drug-likeness (QED) is 0.808. The molecule has 1 rings (SSSR count). The Balaban J connectivity index is 2.34. The van der Waals surface area contributed by atoms with Crippen molar-refractivity contribution < 1.29 is 19.4 Å². The molecule has 0 atom stereocenters. The highest BCUT2D eigenvalue weighted by atomic mass is 16.5. The molecule has 0 aromatic rings. The second-order valence-electron chi connectivity index (χ2n) is 5.36. The molecule has 1 aliphatic rings. The molecule has 0 aliphatic carbocycles. The largest absolute Gasteiger partial charge is 0.481 e. The summed E-state index contributed by atoms with van der Waals surface area (Å²) in [6.45, 7) is 8.35. The molecule has 1 fully saturated rings. The number of hydrogen-bond donors (Lipinski definition) is 1. The van der Waals surface area contributed by atoms with Crippen molar-refractivity contribution in [1.82, 2.24) is 9.80 Å². The van der Waals surface area contributed by atoms with Gasteiger partial charge in [-0.2, -0.15) is 0 Å². The standard InChI is InChI=1S/C14H26N2O4/c1-4-16(11(2)3)14(19)15-8-5-12(6-9-15)20-10-7-13(17)18/h11-12H,4-10H2,1-3H3,(H,17,18). The molecular weight excluding hydrogens is 260 g/mol. The Kier molecular flexibility index (Phi) is 6.78. The smallest absolute Gasteiger partial charge is 0.320 e. The van der Waals surface area contributed by atoms with E-state index in [4.69, 9.17) is 9.84 Å². The maximum atomic E-state index is 12.3. The van der Waals surface area contributed by atoms with Crippen molar-refractivity contribution in [3.05, 3.63) is 0 Å². The predicted molar refractivity (Wildman–Crippen MR) is 75.7 cm³/mol. The van der Waals surface area contributed by atoms with Gasteiger partial charge in [0.25, 0.3) is 0 Å². The average molecular weight is 286 g/mol. The van der Waals surface area contributed by atoms with Gasteiger partial charge in [0.1, 0.15) is 0 Å². The highest BCUT2D eigenvalue weighted by Crippen LogP contribution is 2.16. The third-order valence-electron chi connectivity index (χ3n) is 3.59. The predicted octanol–water partition coefficient (Wildman–Crippen LogP) is 1.79. The van der Waals surface area contributed by atoms with Crippen LogP contribution < -0.4 is 0 Å². The van der Waals surface area contributed by atoms with Crippen LogP contribution in [0.15, 0.2) is 0 Å². The molecule has 1 aliphatic heterocycles. The van der Waals surface area contributed by atoms with Crippen molar-refractivity contribution >= 4 is 12.0 Å². The van der Waals surface area contributed by atoms with Crippen LogP contribution in [0.4, 0.5) is 4.79 Å². The molecule has 0 bridgehead atoms. The fraction of sp³-hybridized carbons (Fsp3) is 0.857. The fourth-order valence-electron chi connectivity index (χ4n) is 2.43. The number of nitrogens with zero attached hydrogens (tertiary/aromatic N) is 2. The Morgan fingerprint density at radius 1 is 1.35 bits per heavy atom. The molecule has 6 heteroatoms. The first-order valence-corrected chi connectivity index (χ1v) is 7.34. The van der Waals surface area contributed by atoms with Gasteiger partial charge in [0.15, 0.2) is 0 Å². The lowest BCUT2D eigenvalue weighted by Crippen LogP contribution is -2.50. The van der Waals surface area contributed by atoms with E-state index in [-0.39, 0.29) is 31.2 Å². The molecule has 2 amide bonds. The topological polar surface area (TPSA) is 70.1 Å². The molecule has 6 nitrogen and oxygen atoms in total. The molecule has 116 valence electrons. The van der Waals surface area contributed by atoms with E-state index in [2.05, 4.69) is 0 Å². The van der Waals surface area contributed by atoms with Gasteiger partial charge in [-0.05, 0) is 33.6 Å². The molecule has 0 aromatic heterocycles. The molecule has 0 radical (unpaired) electrons. The van der Waals surface area contributed by atoms with Crippen LogP contribution in [0.3, 0.4) is 0 Å². The van der Waals surface area contributed by atoms with E-state index in [0.717, 1.165) is 12.8 Å². The number of ether oxygens (including phenoxy) is 1. The number of carboxylic acid groups (broad SMARTS) is 1. The first kappa shape index (κ1) is 16.8. The maximum absolute atomic E-state index is 12.3. The van der Waals surface area contributed by atoms with E-state index in [1.54, 1.807) is 0 Å². The molecule has 0 saturated carbocycles. The number of aliphatic carboxylic acids is 1. The first-order chi connectivity index (χ1) is 9.45. The maximum Gasteiger partial charge on any atom is 0.320 e. The van der Waals surface area contributed by atoms with Crippen LogP contribution in [0.5, 0.6) is 0 Å². The Bertz CT molecular complexity index is 325. The van der Waals surface area contributed by atoms with E-state index in [1.807, 2.05) is 30.6 Å². The number of urea groups is 1. The molecule has 0 unspecified atom stereocenters. The molecular formula is C14H26N2O4. The second kappa shape index (κ2) is 8.09. The number of carbonyl (C=O) groups excluding carboxylic acids is 1. The van der Waals surface area contributed by atoms with E-state index in [0.29, 0.717) is 19.6 Å². The van der Waals surface area contributed by atoms with E-state index in [9.17, 15) is 9.59 Å². The minimum absolute atomic E-state index is 0.0378. The minimum atomic E-state index is -0.840. The van der Waals surface area contributed by atoms with Gasteiger partial charge >= 0.3 is 12.0 Å².